The summed E-state index contributed by atoms with van der Waals surface area (Å²) in [6.45, 7) is 5.40. The number of likely N-dealkylation sites (tertiary alicyclic amines) is 1. The van der Waals surface area contributed by atoms with Gasteiger partial charge in [0, 0.05) is 50.3 Å². The average Bonchev–Trinajstić information content (AvgIpc) is 3.28. The molecule has 3 saturated heterocycles. The molecule has 4 heterocycles. The fourth-order valence-electron chi connectivity index (χ4n) is 5.97. The Hall–Kier alpha value is -2.22. The molecule has 0 bridgehead atoms. The first kappa shape index (κ1) is 20.7. The number of aromatic nitrogens is 2. The molecule has 8 nitrogen and oxygen atoms in total. The van der Waals surface area contributed by atoms with Gasteiger partial charge in [-0.15, -0.1) is 0 Å². The molecule has 3 aliphatic heterocycles. The number of hydrogen-bond donors (Lipinski definition) is 1. The molecule has 5 rings (SSSR count). The van der Waals surface area contributed by atoms with Gasteiger partial charge >= 0.3 is 0 Å². The Labute approximate surface area is 182 Å². The minimum atomic E-state index is -0.491. The standard InChI is InChI=1S/C23H32N4O4/c1-14-10-19(25-27(14)12-15-6-8-31-9-7-15)16-2-3-18-17(11-16)13-26(23(18)30)20-4-5-21(28)24-22(20)29/h10,15-18,20H,2-9,11-13H2,1H3,(H,24,28,29). The van der Waals surface area contributed by atoms with E-state index in [1.165, 1.54) is 5.69 Å². The number of ether oxygens (including phenoxy) is 1. The normalized spacial score (nSPS) is 32.3. The Morgan fingerprint density at radius 2 is 1.94 bits per heavy atom. The highest BCUT2D eigenvalue weighted by Gasteiger charge is 2.48. The van der Waals surface area contributed by atoms with E-state index in [1.54, 1.807) is 4.90 Å². The average molecular weight is 429 g/mol. The highest BCUT2D eigenvalue weighted by Crippen LogP contribution is 2.44. The van der Waals surface area contributed by atoms with Gasteiger partial charge in [-0.05, 0) is 63.4 Å². The molecule has 4 fully saturated rings. The number of rotatable bonds is 4. The number of amides is 3. The number of carbonyl (C=O) groups excluding carboxylic acids is 3. The summed E-state index contributed by atoms with van der Waals surface area (Å²) in [6, 6.07) is 1.73. The van der Waals surface area contributed by atoms with Crippen LogP contribution in [0.1, 0.15) is 62.3 Å². The summed E-state index contributed by atoms with van der Waals surface area (Å²) in [7, 11) is 0. The van der Waals surface area contributed by atoms with Crippen LogP contribution in [0.2, 0.25) is 0 Å². The fourth-order valence-corrected chi connectivity index (χ4v) is 5.97. The van der Waals surface area contributed by atoms with Gasteiger partial charge in [0.2, 0.25) is 17.7 Å². The molecule has 4 aliphatic rings. The molecule has 1 saturated carbocycles. The van der Waals surface area contributed by atoms with Crippen LogP contribution >= 0.6 is 0 Å². The van der Waals surface area contributed by atoms with Crippen molar-refractivity contribution in [3.05, 3.63) is 17.5 Å². The number of fused-ring (bicyclic) bond motifs is 1. The highest BCUT2D eigenvalue weighted by atomic mass is 16.5. The predicted molar refractivity (Wildman–Crippen MR) is 112 cm³/mol. The summed E-state index contributed by atoms with van der Waals surface area (Å²) in [5.74, 6) is 0.805. The maximum Gasteiger partial charge on any atom is 0.249 e. The van der Waals surface area contributed by atoms with Crippen LogP contribution in [-0.2, 0) is 25.7 Å². The molecule has 1 aliphatic carbocycles. The van der Waals surface area contributed by atoms with E-state index in [2.05, 4.69) is 23.0 Å². The van der Waals surface area contributed by atoms with E-state index < -0.39 is 6.04 Å². The maximum atomic E-state index is 13.0. The molecule has 0 spiro atoms. The van der Waals surface area contributed by atoms with Crippen molar-refractivity contribution in [1.29, 1.82) is 0 Å². The van der Waals surface area contributed by atoms with Crippen molar-refractivity contribution in [3.63, 3.8) is 0 Å². The van der Waals surface area contributed by atoms with E-state index in [0.717, 1.165) is 57.6 Å². The van der Waals surface area contributed by atoms with Crippen LogP contribution in [-0.4, -0.2) is 58.2 Å². The lowest BCUT2D eigenvalue weighted by Gasteiger charge is -2.29. The molecule has 4 atom stereocenters. The van der Waals surface area contributed by atoms with Gasteiger partial charge in [-0.1, -0.05) is 0 Å². The fraction of sp³-hybridized carbons (Fsp3) is 0.739. The van der Waals surface area contributed by atoms with Crippen LogP contribution in [0.3, 0.4) is 0 Å². The summed E-state index contributed by atoms with van der Waals surface area (Å²) in [6.07, 6.45) is 5.69. The first-order valence-corrected chi connectivity index (χ1v) is 11.8. The van der Waals surface area contributed by atoms with Crippen molar-refractivity contribution in [2.75, 3.05) is 19.8 Å². The minimum absolute atomic E-state index is 0.00657. The van der Waals surface area contributed by atoms with Crippen LogP contribution < -0.4 is 5.32 Å². The van der Waals surface area contributed by atoms with Crippen molar-refractivity contribution in [2.45, 2.75) is 70.4 Å². The molecule has 168 valence electrons. The molecule has 31 heavy (non-hydrogen) atoms. The lowest BCUT2D eigenvalue weighted by atomic mass is 9.74. The third-order valence-corrected chi connectivity index (χ3v) is 7.79. The zero-order valence-electron chi connectivity index (χ0n) is 18.2. The zero-order chi connectivity index (χ0) is 21.5. The third-order valence-electron chi connectivity index (χ3n) is 7.79. The van der Waals surface area contributed by atoms with Crippen molar-refractivity contribution in [2.24, 2.45) is 17.8 Å². The van der Waals surface area contributed by atoms with Crippen molar-refractivity contribution in [3.8, 4) is 0 Å². The number of nitrogens with one attached hydrogen (secondary N) is 1. The topological polar surface area (TPSA) is 93.5 Å². The number of nitrogens with zero attached hydrogens (tertiary/aromatic N) is 3. The van der Waals surface area contributed by atoms with Gasteiger partial charge in [0.25, 0.3) is 0 Å². The molecule has 1 N–H and O–H groups in total. The minimum Gasteiger partial charge on any atom is -0.381 e. The van der Waals surface area contributed by atoms with E-state index in [0.29, 0.717) is 31.2 Å². The van der Waals surface area contributed by atoms with E-state index in [4.69, 9.17) is 9.84 Å². The van der Waals surface area contributed by atoms with Gasteiger partial charge < -0.3 is 9.64 Å². The lowest BCUT2D eigenvalue weighted by molar-refractivity contribution is -0.144. The van der Waals surface area contributed by atoms with E-state index >= 15 is 0 Å². The monoisotopic (exact) mass is 428 g/mol. The zero-order valence-corrected chi connectivity index (χ0v) is 18.2. The molecule has 0 aromatic carbocycles. The molecular formula is C23H32N4O4. The first-order valence-electron chi connectivity index (χ1n) is 11.8. The smallest absolute Gasteiger partial charge is 0.249 e. The second kappa shape index (κ2) is 8.37. The Bertz CT molecular complexity index is 875. The van der Waals surface area contributed by atoms with Crippen LogP contribution in [0, 0.1) is 24.7 Å². The van der Waals surface area contributed by atoms with Gasteiger partial charge in [-0.3, -0.25) is 24.4 Å². The maximum absolute atomic E-state index is 13.0. The van der Waals surface area contributed by atoms with Crippen molar-refractivity contribution >= 4 is 17.7 Å². The molecule has 1 aromatic heterocycles. The Morgan fingerprint density at radius 1 is 1.13 bits per heavy atom. The summed E-state index contributed by atoms with van der Waals surface area (Å²) in [5.41, 5.74) is 2.35. The summed E-state index contributed by atoms with van der Waals surface area (Å²) in [5, 5.41) is 7.36. The van der Waals surface area contributed by atoms with Crippen LogP contribution in [0.5, 0.6) is 0 Å². The van der Waals surface area contributed by atoms with E-state index in [-0.39, 0.29) is 29.6 Å². The molecule has 8 heteroatoms. The van der Waals surface area contributed by atoms with Crippen LogP contribution in [0.25, 0.3) is 0 Å². The van der Waals surface area contributed by atoms with Crippen LogP contribution in [0.15, 0.2) is 6.07 Å². The third kappa shape index (κ3) is 4.02. The summed E-state index contributed by atoms with van der Waals surface area (Å²) >= 11 is 0. The Morgan fingerprint density at radius 3 is 2.71 bits per heavy atom. The first-order chi connectivity index (χ1) is 15.0. The van der Waals surface area contributed by atoms with E-state index in [1.807, 2.05) is 0 Å². The SMILES string of the molecule is Cc1cc(C2CCC3C(=O)N(C4CCC(=O)NC4=O)CC3C2)nn1CC1CCOCC1. The van der Waals surface area contributed by atoms with Gasteiger partial charge in [0.05, 0.1) is 5.69 Å². The number of hydrogen-bond acceptors (Lipinski definition) is 5. The van der Waals surface area contributed by atoms with Crippen LogP contribution in [0.4, 0.5) is 0 Å². The molecule has 1 aromatic rings. The second-order valence-electron chi connectivity index (χ2n) is 9.78. The van der Waals surface area contributed by atoms with Crippen molar-refractivity contribution < 1.29 is 19.1 Å². The molecular weight excluding hydrogens is 396 g/mol. The predicted octanol–water partition coefficient (Wildman–Crippen LogP) is 1.77. The Balaban J connectivity index is 1.24. The molecule has 4 unspecified atom stereocenters. The van der Waals surface area contributed by atoms with E-state index in [9.17, 15) is 14.4 Å². The molecule has 3 amide bonds. The largest absolute Gasteiger partial charge is 0.381 e. The number of aryl methyl sites for hydroxylation is 1. The number of imide groups is 1. The highest BCUT2D eigenvalue weighted by molar-refractivity contribution is 6.02. The Kier molecular flexibility index (Phi) is 5.58. The quantitative estimate of drug-likeness (QED) is 0.738. The lowest BCUT2D eigenvalue weighted by Crippen LogP contribution is -2.53. The number of carbonyl (C=O) groups is 3. The summed E-state index contributed by atoms with van der Waals surface area (Å²) in [4.78, 5) is 38.5. The molecule has 0 radical (unpaired) electrons. The van der Waals surface area contributed by atoms with Crippen molar-refractivity contribution in [1.82, 2.24) is 20.0 Å². The van der Waals surface area contributed by atoms with Gasteiger partial charge in [0.1, 0.15) is 6.04 Å². The van der Waals surface area contributed by atoms with Gasteiger partial charge in [0.15, 0.2) is 0 Å². The summed E-state index contributed by atoms with van der Waals surface area (Å²) < 4.78 is 7.64. The second-order valence-corrected chi connectivity index (χ2v) is 9.78. The van der Waals surface area contributed by atoms with Gasteiger partial charge in [-0.2, -0.15) is 5.10 Å². The number of piperidine rings is 1. The van der Waals surface area contributed by atoms with Gasteiger partial charge in [-0.25, -0.2) is 0 Å².